The molecule has 0 aromatic heterocycles. The quantitative estimate of drug-likeness (QED) is 0.845. The Bertz CT molecular complexity index is 632. The number of nitrogens with two attached hydrogens (primary N) is 1. The average Bonchev–Trinajstić information content (AvgIpc) is 2.41. The Morgan fingerprint density at radius 1 is 1.15 bits per heavy atom. The van der Waals surface area contributed by atoms with Crippen molar-refractivity contribution in [1.82, 2.24) is 0 Å². The fourth-order valence-electron chi connectivity index (χ4n) is 1.53. The van der Waals surface area contributed by atoms with Crippen LogP contribution in [0.1, 0.15) is 0 Å². The summed E-state index contributed by atoms with van der Waals surface area (Å²) in [5.41, 5.74) is 6.00. The summed E-state index contributed by atoms with van der Waals surface area (Å²) in [4.78, 5) is 11.6. The van der Waals surface area contributed by atoms with Crippen LogP contribution in [-0.4, -0.2) is 12.5 Å². The number of hydrogen-bond donors (Lipinski definition) is 2. The minimum atomic E-state index is -0.522. The smallest absolute Gasteiger partial charge is 0.262 e. The van der Waals surface area contributed by atoms with Gasteiger partial charge in [-0.15, -0.1) is 0 Å². The molecule has 0 saturated heterocycles. The number of halogens is 2. The molecule has 0 atom stereocenters. The zero-order valence-corrected chi connectivity index (χ0v) is 10.4. The van der Waals surface area contributed by atoms with Gasteiger partial charge in [0.15, 0.2) is 6.61 Å². The van der Waals surface area contributed by atoms with Gasteiger partial charge in [-0.05, 0) is 30.3 Å². The third kappa shape index (κ3) is 3.68. The lowest BCUT2D eigenvalue weighted by molar-refractivity contribution is -0.118. The molecule has 2 rings (SSSR count). The first-order valence-electron chi connectivity index (χ1n) is 5.78. The van der Waals surface area contributed by atoms with Crippen molar-refractivity contribution in [3.05, 3.63) is 54.1 Å². The number of hydrogen-bond acceptors (Lipinski definition) is 3. The Hall–Kier alpha value is -2.63. The first kappa shape index (κ1) is 13.8. The summed E-state index contributed by atoms with van der Waals surface area (Å²) in [6.07, 6.45) is 0. The van der Waals surface area contributed by atoms with Gasteiger partial charge in [-0.1, -0.05) is 6.07 Å². The fraction of sp³-hybridized carbons (Fsp3) is 0.0714. The molecule has 104 valence electrons. The van der Waals surface area contributed by atoms with E-state index in [-0.39, 0.29) is 23.7 Å². The molecule has 0 radical (unpaired) electrons. The van der Waals surface area contributed by atoms with Crippen LogP contribution < -0.4 is 15.8 Å². The van der Waals surface area contributed by atoms with Gasteiger partial charge in [0.2, 0.25) is 0 Å². The van der Waals surface area contributed by atoms with Crippen molar-refractivity contribution in [2.45, 2.75) is 0 Å². The van der Waals surface area contributed by atoms with E-state index >= 15 is 0 Å². The molecule has 0 heterocycles. The van der Waals surface area contributed by atoms with Gasteiger partial charge in [-0.2, -0.15) is 0 Å². The SMILES string of the molecule is Nc1ccc(F)cc1NC(=O)COc1cccc(F)c1. The zero-order valence-electron chi connectivity index (χ0n) is 10.4. The van der Waals surface area contributed by atoms with E-state index in [9.17, 15) is 13.6 Å². The summed E-state index contributed by atoms with van der Waals surface area (Å²) in [5, 5.41) is 2.41. The van der Waals surface area contributed by atoms with Crippen LogP contribution in [0.25, 0.3) is 0 Å². The number of nitrogen functional groups attached to an aromatic ring is 1. The Morgan fingerprint density at radius 3 is 2.65 bits per heavy atom. The largest absolute Gasteiger partial charge is 0.484 e. The second-order valence-corrected chi connectivity index (χ2v) is 4.03. The van der Waals surface area contributed by atoms with E-state index in [1.54, 1.807) is 0 Å². The predicted molar refractivity (Wildman–Crippen MR) is 71.3 cm³/mol. The highest BCUT2D eigenvalue weighted by Gasteiger charge is 2.07. The molecule has 0 aliphatic heterocycles. The van der Waals surface area contributed by atoms with Crippen LogP contribution in [-0.2, 0) is 4.79 Å². The normalized spacial score (nSPS) is 10.1. The third-order valence-electron chi connectivity index (χ3n) is 2.46. The fourth-order valence-corrected chi connectivity index (χ4v) is 1.53. The van der Waals surface area contributed by atoms with Crippen molar-refractivity contribution in [2.75, 3.05) is 17.7 Å². The molecule has 2 aromatic carbocycles. The molecule has 0 bridgehead atoms. The van der Waals surface area contributed by atoms with Gasteiger partial charge in [0.25, 0.3) is 5.91 Å². The van der Waals surface area contributed by atoms with Gasteiger partial charge >= 0.3 is 0 Å². The Labute approximate surface area is 114 Å². The molecular formula is C14H12F2N2O2. The van der Waals surface area contributed by atoms with E-state index in [0.717, 1.165) is 12.1 Å². The summed E-state index contributed by atoms with van der Waals surface area (Å²) >= 11 is 0. The Kier molecular flexibility index (Phi) is 4.14. The number of amides is 1. The molecular weight excluding hydrogens is 266 g/mol. The van der Waals surface area contributed by atoms with Crippen LogP contribution >= 0.6 is 0 Å². The number of ether oxygens (including phenoxy) is 1. The summed E-state index contributed by atoms with van der Waals surface area (Å²) in [5.74, 6) is -1.27. The molecule has 3 N–H and O–H groups in total. The second-order valence-electron chi connectivity index (χ2n) is 4.03. The monoisotopic (exact) mass is 278 g/mol. The number of rotatable bonds is 4. The van der Waals surface area contributed by atoms with E-state index in [2.05, 4.69) is 5.32 Å². The van der Waals surface area contributed by atoms with Crippen LogP contribution in [0.4, 0.5) is 20.2 Å². The lowest BCUT2D eigenvalue weighted by atomic mass is 10.2. The van der Waals surface area contributed by atoms with E-state index in [4.69, 9.17) is 10.5 Å². The standard InChI is InChI=1S/C14H12F2N2O2/c15-9-2-1-3-11(6-9)20-8-14(19)18-13-7-10(16)4-5-12(13)17/h1-7H,8,17H2,(H,18,19). The lowest BCUT2D eigenvalue weighted by Crippen LogP contribution is -2.20. The molecule has 2 aromatic rings. The summed E-state index contributed by atoms with van der Waals surface area (Å²) in [7, 11) is 0. The van der Waals surface area contributed by atoms with Gasteiger partial charge in [-0.25, -0.2) is 8.78 Å². The average molecular weight is 278 g/mol. The summed E-state index contributed by atoms with van der Waals surface area (Å²) in [6.45, 7) is -0.334. The molecule has 0 aliphatic rings. The van der Waals surface area contributed by atoms with Crippen molar-refractivity contribution >= 4 is 17.3 Å². The lowest BCUT2D eigenvalue weighted by Gasteiger charge is -2.09. The summed E-state index contributed by atoms with van der Waals surface area (Å²) < 4.78 is 31.0. The molecule has 0 unspecified atom stereocenters. The minimum absolute atomic E-state index is 0.165. The van der Waals surface area contributed by atoms with Crippen LogP contribution in [0.3, 0.4) is 0 Å². The second kappa shape index (κ2) is 6.01. The van der Waals surface area contributed by atoms with Crippen LogP contribution in [0.2, 0.25) is 0 Å². The maximum atomic E-state index is 13.0. The van der Waals surface area contributed by atoms with Crippen molar-refractivity contribution in [1.29, 1.82) is 0 Å². The van der Waals surface area contributed by atoms with E-state index in [0.29, 0.717) is 0 Å². The third-order valence-corrected chi connectivity index (χ3v) is 2.46. The van der Waals surface area contributed by atoms with Gasteiger partial charge in [-0.3, -0.25) is 4.79 Å². The highest BCUT2D eigenvalue weighted by atomic mass is 19.1. The van der Waals surface area contributed by atoms with Gasteiger partial charge in [0.05, 0.1) is 11.4 Å². The number of carbonyl (C=O) groups is 1. The van der Waals surface area contributed by atoms with Gasteiger partial charge in [0.1, 0.15) is 17.4 Å². The maximum absolute atomic E-state index is 13.0. The first-order chi connectivity index (χ1) is 9.54. The zero-order chi connectivity index (χ0) is 14.5. The molecule has 0 spiro atoms. The summed E-state index contributed by atoms with van der Waals surface area (Å²) in [6, 6.07) is 9.05. The Balaban J connectivity index is 1.94. The van der Waals surface area contributed by atoms with Crippen molar-refractivity contribution < 1.29 is 18.3 Å². The number of anilines is 2. The maximum Gasteiger partial charge on any atom is 0.262 e. The van der Waals surface area contributed by atoms with Crippen molar-refractivity contribution in [3.63, 3.8) is 0 Å². The molecule has 0 aliphatic carbocycles. The van der Waals surface area contributed by atoms with E-state index in [1.807, 2.05) is 0 Å². The predicted octanol–water partition coefficient (Wildman–Crippen LogP) is 2.56. The van der Waals surface area contributed by atoms with Crippen LogP contribution in [0.5, 0.6) is 5.75 Å². The Morgan fingerprint density at radius 2 is 1.90 bits per heavy atom. The van der Waals surface area contributed by atoms with Crippen molar-refractivity contribution in [2.24, 2.45) is 0 Å². The van der Waals surface area contributed by atoms with Crippen LogP contribution in [0.15, 0.2) is 42.5 Å². The van der Waals surface area contributed by atoms with Crippen LogP contribution in [0, 0.1) is 11.6 Å². The molecule has 1 amide bonds. The van der Waals surface area contributed by atoms with E-state index in [1.165, 1.54) is 30.3 Å². The highest BCUT2D eigenvalue weighted by Crippen LogP contribution is 2.19. The number of carbonyl (C=O) groups excluding carboxylic acids is 1. The molecule has 0 fully saturated rings. The number of benzene rings is 2. The van der Waals surface area contributed by atoms with E-state index < -0.39 is 17.5 Å². The first-order valence-corrected chi connectivity index (χ1v) is 5.78. The van der Waals surface area contributed by atoms with Crippen molar-refractivity contribution in [3.8, 4) is 5.75 Å². The molecule has 4 nitrogen and oxygen atoms in total. The molecule has 20 heavy (non-hydrogen) atoms. The molecule has 0 saturated carbocycles. The van der Waals surface area contributed by atoms with Gasteiger partial charge < -0.3 is 15.8 Å². The van der Waals surface area contributed by atoms with Gasteiger partial charge in [0, 0.05) is 6.07 Å². The highest BCUT2D eigenvalue weighted by molar-refractivity contribution is 5.94. The minimum Gasteiger partial charge on any atom is -0.484 e. The number of nitrogens with one attached hydrogen (secondary N) is 1. The molecule has 6 heteroatoms. The topological polar surface area (TPSA) is 64.3 Å².